The maximum absolute atomic E-state index is 11.4. The van der Waals surface area contributed by atoms with Gasteiger partial charge >= 0.3 is 0 Å². The number of aromatic nitrogens is 2. The molecule has 2 rings (SSSR count). The third kappa shape index (κ3) is 3.05. The number of hydrogen-bond acceptors (Lipinski definition) is 5. The van der Waals surface area contributed by atoms with Gasteiger partial charge in [-0.3, -0.25) is 0 Å². The van der Waals surface area contributed by atoms with Gasteiger partial charge in [0.1, 0.15) is 0 Å². The van der Waals surface area contributed by atoms with Crippen LogP contribution in [0, 0.1) is 0 Å². The molecule has 88 valence electrons. The highest BCUT2D eigenvalue weighted by molar-refractivity contribution is 7.91. The second-order valence-corrected chi connectivity index (χ2v) is 6.49. The Hall–Kier alpha value is -0.880. The van der Waals surface area contributed by atoms with Gasteiger partial charge in [0, 0.05) is 6.04 Å². The van der Waals surface area contributed by atoms with Crippen LogP contribution < -0.4 is 5.32 Å². The minimum Gasteiger partial charge on any atom is -0.350 e. The molecule has 1 saturated heterocycles. The first-order valence-electron chi connectivity index (χ1n) is 5.00. The van der Waals surface area contributed by atoms with Crippen molar-refractivity contribution >= 4 is 27.4 Å². The number of anilines is 1. The number of nitrogens with zero attached hydrogens (tertiary/aromatic N) is 2. The summed E-state index contributed by atoms with van der Waals surface area (Å²) in [5, 5.41) is 3.46. The highest BCUT2D eigenvalue weighted by Crippen LogP contribution is 2.15. The van der Waals surface area contributed by atoms with E-state index in [-0.39, 0.29) is 17.5 Å². The largest absolute Gasteiger partial charge is 0.350 e. The van der Waals surface area contributed by atoms with E-state index >= 15 is 0 Å². The van der Waals surface area contributed by atoms with E-state index in [1.807, 2.05) is 0 Å². The molecule has 2 heterocycles. The zero-order valence-electron chi connectivity index (χ0n) is 8.56. The fourth-order valence-corrected chi connectivity index (χ4v) is 3.44. The highest BCUT2D eigenvalue weighted by Gasteiger charge is 2.24. The van der Waals surface area contributed by atoms with Crippen molar-refractivity contribution in [2.75, 3.05) is 16.8 Å². The number of sulfone groups is 1. The third-order valence-corrected chi connectivity index (χ3v) is 4.43. The van der Waals surface area contributed by atoms with Crippen molar-refractivity contribution in [2.24, 2.45) is 0 Å². The van der Waals surface area contributed by atoms with Gasteiger partial charge in [0.25, 0.3) is 0 Å². The molecule has 0 amide bonds. The van der Waals surface area contributed by atoms with Gasteiger partial charge in [0.05, 0.1) is 28.9 Å². The van der Waals surface area contributed by atoms with Gasteiger partial charge in [-0.25, -0.2) is 18.4 Å². The summed E-state index contributed by atoms with van der Waals surface area (Å²) in [4.78, 5) is 7.94. The van der Waals surface area contributed by atoms with E-state index in [1.165, 1.54) is 12.4 Å². The molecular weight excluding hydrogens is 250 g/mol. The molecule has 0 radical (unpaired) electrons. The molecule has 0 bridgehead atoms. The Labute approximate surface area is 99.2 Å². The average molecular weight is 262 g/mol. The molecule has 5 nitrogen and oxygen atoms in total. The lowest BCUT2D eigenvalue weighted by Crippen LogP contribution is -2.35. The molecule has 1 aliphatic rings. The quantitative estimate of drug-likeness (QED) is 0.864. The maximum Gasteiger partial charge on any atom is 0.222 e. The molecule has 1 unspecified atom stereocenters. The van der Waals surface area contributed by atoms with Crippen LogP contribution >= 0.6 is 11.6 Å². The summed E-state index contributed by atoms with van der Waals surface area (Å²) < 4.78 is 22.8. The van der Waals surface area contributed by atoms with Gasteiger partial charge in [-0.05, 0) is 12.8 Å². The van der Waals surface area contributed by atoms with Crippen molar-refractivity contribution in [3.8, 4) is 0 Å². The van der Waals surface area contributed by atoms with E-state index in [4.69, 9.17) is 11.6 Å². The Balaban J connectivity index is 2.02. The second kappa shape index (κ2) is 4.55. The smallest absolute Gasteiger partial charge is 0.222 e. The molecular formula is C9H12ClN3O2S. The number of halogens is 1. The van der Waals surface area contributed by atoms with Crippen LogP contribution in [0.25, 0.3) is 0 Å². The SMILES string of the molecule is O=S1(=O)CCCC(Nc2ncc(Cl)cn2)C1. The summed E-state index contributed by atoms with van der Waals surface area (Å²) in [5.41, 5.74) is 0. The Kier molecular flexibility index (Phi) is 3.30. The van der Waals surface area contributed by atoms with Gasteiger partial charge in [0.2, 0.25) is 5.95 Å². The van der Waals surface area contributed by atoms with E-state index in [9.17, 15) is 8.42 Å². The van der Waals surface area contributed by atoms with E-state index < -0.39 is 9.84 Å². The van der Waals surface area contributed by atoms with Crippen molar-refractivity contribution in [2.45, 2.75) is 18.9 Å². The van der Waals surface area contributed by atoms with Gasteiger partial charge in [0.15, 0.2) is 9.84 Å². The lowest BCUT2D eigenvalue weighted by molar-refractivity contribution is 0.561. The summed E-state index contributed by atoms with van der Waals surface area (Å²) in [6, 6.07) is -0.0973. The van der Waals surface area contributed by atoms with Gasteiger partial charge in [-0.2, -0.15) is 0 Å². The summed E-state index contributed by atoms with van der Waals surface area (Å²) in [6.07, 6.45) is 4.47. The van der Waals surface area contributed by atoms with Crippen LogP contribution in [0.2, 0.25) is 5.02 Å². The summed E-state index contributed by atoms with van der Waals surface area (Å²) in [6.45, 7) is 0. The van der Waals surface area contributed by atoms with Crippen LogP contribution in [0.3, 0.4) is 0 Å². The van der Waals surface area contributed by atoms with E-state index in [2.05, 4.69) is 15.3 Å². The lowest BCUT2D eigenvalue weighted by atomic mass is 10.2. The maximum atomic E-state index is 11.4. The van der Waals surface area contributed by atoms with Crippen LogP contribution in [0.4, 0.5) is 5.95 Å². The Morgan fingerprint density at radius 1 is 1.38 bits per heavy atom. The molecule has 0 aromatic carbocycles. The summed E-state index contributed by atoms with van der Waals surface area (Å²) in [7, 11) is -2.90. The Morgan fingerprint density at radius 2 is 2.06 bits per heavy atom. The zero-order chi connectivity index (χ0) is 11.6. The molecule has 1 N–H and O–H groups in total. The van der Waals surface area contributed by atoms with Gasteiger partial charge < -0.3 is 5.32 Å². The Morgan fingerprint density at radius 3 is 2.69 bits per heavy atom. The first-order chi connectivity index (χ1) is 7.55. The first-order valence-corrected chi connectivity index (χ1v) is 7.20. The van der Waals surface area contributed by atoms with Crippen molar-refractivity contribution in [1.82, 2.24) is 9.97 Å². The molecule has 1 aromatic heterocycles. The van der Waals surface area contributed by atoms with Crippen LogP contribution in [-0.4, -0.2) is 35.9 Å². The predicted molar refractivity (Wildman–Crippen MR) is 62.3 cm³/mol. The van der Waals surface area contributed by atoms with Crippen molar-refractivity contribution < 1.29 is 8.42 Å². The molecule has 16 heavy (non-hydrogen) atoms. The fraction of sp³-hybridized carbons (Fsp3) is 0.556. The molecule has 1 atom stereocenters. The molecule has 0 aliphatic carbocycles. The standard InChI is InChI=1S/C9H12ClN3O2S/c10-7-4-11-9(12-5-7)13-8-2-1-3-16(14,15)6-8/h4-5,8H,1-3,6H2,(H,11,12,13). The second-order valence-electron chi connectivity index (χ2n) is 3.82. The monoisotopic (exact) mass is 261 g/mol. The number of hydrogen-bond donors (Lipinski definition) is 1. The molecule has 1 fully saturated rings. The van der Waals surface area contributed by atoms with Crippen molar-refractivity contribution in [3.63, 3.8) is 0 Å². The summed E-state index contributed by atoms with van der Waals surface area (Å²) in [5.74, 6) is 0.859. The highest BCUT2D eigenvalue weighted by atomic mass is 35.5. The van der Waals surface area contributed by atoms with Crippen molar-refractivity contribution in [1.29, 1.82) is 0 Å². The average Bonchev–Trinajstić information content (AvgIpc) is 2.20. The van der Waals surface area contributed by atoms with Crippen LogP contribution in [0.5, 0.6) is 0 Å². The fourth-order valence-electron chi connectivity index (χ4n) is 1.71. The lowest BCUT2D eigenvalue weighted by Gasteiger charge is -2.22. The van der Waals surface area contributed by atoms with Crippen LogP contribution in [0.15, 0.2) is 12.4 Å². The van der Waals surface area contributed by atoms with Crippen LogP contribution in [-0.2, 0) is 9.84 Å². The van der Waals surface area contributed by atoms with Gasteiger partial charge in [-0.15, -0.1) is 0 Å². The first kappa shape index (κ1) is 11.6. The normalized spacial score (nSPS) is 23.9. The molecule has 1 aromatic rings. The number of nitrogens with one attached hydrogen (secondary N) is 1. The summed E-state index contributed by atoms with van der Waals surface area (Å²) >= 11 is 5.65. The minimum absolute atomic E-state index is 0.0973. The van der Waals surface area contributed by atoms with Gasteiger partial charge in [-0.1, -0.05) is 11.6 Å². The zero-order valence-corrected chi connectivity index (χ0v) is 10.1. The topological polar surface area (TPSA) is 72.0 Å². The van der Waals surface area contributed by atoms with E-state index in [0.29, 0.717) is 17.4 Å². The van der Waals surface area contributed by atoms with E-state index in [0.717, 1.165) is 6.42 Å². The van der Waals surface area contributed by atoms with Crippen LogP contribution in [0.1, 0.15) is 12.8 Å². The predicted octanol–water partition coefficient (Wildman–Crippen LogP) is 1.12. The molecule has 1 aliphatic heterocycles. The molecule has 0 spiro atoms. The molecule has 0 saturated carbocycles. The Bertz CT molecular complexity index is 460. The van der Waals surface area contributed by atoms with E-state index in [1.54, 1.807) is 0 Å². The third-order valence-electron chi connectivity index (χ3n) is 2.42. The minimum atomic E-state index is -2.90. The molecule has 7 heteroatoms. The number of rotatable bonds is 2. The van der Waals surface area contributed by atoms with Crippen molar-refractivity contribution in [3.05, 3.63) is 17.4 Å².